The number of hydrogen-bond acceptors (Lipinski definition) is 5. The number of hydrogen-bond donors (Lipinski definition) is 2. The van der Waals surface area contributed by atoms with Crippen molar-refractivity contribution in [1.29, 1.82) is 0 Å². The molecule has 3 N–H and O–H groups in total. The van der Waals surface area contributed by atoms with E-state index < -0.39 is 11.5 Å². The van der Waals surface area contributed by atoms with Crippen molar-refractivity contribution in [2.45, 2.75) is 18.9 Å². The number of carbonyl (C=O) groups is 2. The van der Waals surface area contributed by atoms with E-state index in [4.69, 9.17) is 10.8 Å². The number of likely N-dealkylation sites (tertiary alicyclic amines) is 1. The highest BCUT2D eigenvalue weighted by Crippen LogP contribution is 2.20. The molecule has 1 atom stereocenters. The van der Waals surface area contributed by atoms with Gasteiger partial charge >= 0.3 is 5.97 Å². The van der Waals surface area contributed by atoms with Gasteiger partial charge in [-0.25, -0.2) is 4.98 Å². The van der Waals surface area contributed by atoms with Crippen molar-refractivity contribution in [1.82, 2.24) is 14.9 Å². The van der Waals surface area contributed by atoms with Gasteiger partial charge < -0.3 is 15.7 Å². The minimum atomic E-state index is -1.35. The predicted molar refractivity (Wildman–Crippen MR) is 61.8 cm³/mol. The summed E-state index contributed by atoms with van der Waals surface area (Å²) >= 11 is 0. The normalized spacial score (nSPS) is 23.1. The lowest BCUT2D eigenvalue weighted by molar-refractivity contribution is -0.142. The lowest BCUT2D eigenvalue weighted by atomic mass is 10.0. The predicted octanol–water partition coefficient (Wildman–Crippen LogP) is -0.587. The van der Waals surface area contributed by atoms with Crippen molar-refractivity contribution in [3.05, 3.63) is 23.8 Å². The minimum Gasteiger partial charge on any atom is -0.480 e. The van der Waals surface area contributed by atoms with Crippen LogP contribution >= 0.6 is 0 Å². The maximum absolute atomic E-state index is 12.0. The van der Waals surface area contributed by atoms with Gasteiger partial charge in [-0.3, -0.25) is 14.6 Å². The summed E-state index contributed by atoms with van der Waals surface area (Å²) in [5.41, 5.74) is 5.27. The van der Waals surface area contributed by atoms with Crippen LogP contribution in [0.3, 0.4) is 0 Å². The molecular weight excluding hydrogens is 236 g/mol. The van der Waals surface area contributed by atoms with E-state index in [1.54, 1.807) is 6.92 Å². The van der Waals surface area contributed by atoms with Gasteiger partial charge in [-0.15, -0.1) is 0 Å². The monoisotopic (exact) mass is 250 g/mol. The molecule has 18 heavy (non-hydrogen) atoms. The van der Waals surface area contributed by atoms with E-state index in [-0.39, 0.29) is 24.6 Å². The quantitative estimate of drug-likeness (QED) is 0.726. The van der Waals surface area contributed by atoms with E-state index in [0.29, 0.717) is 12.2 Å². The number of aliphatic carboxylic acids is 1. The highest BCUT2D eigenvalue weighted by atomic mass is 16.4. The fourth-order valence-electron chi connectivity index (χ4n) is 1.85. The Bertz CT molecular complexity index is 488. The van der Waals surface area contributed by atoms with Gasteiger partial charge in [0, 0.05) is 19.3 Å². The summed E-state index contributed by atoms with van der Waals surface area (Å²) < 4.78 is 0. The lowest BCUT2D eigenvalue weighted by Gasteiger charge is -2.19. The molecule has 1 amide bonds. The van der Waals surface area contributed by atoms with Gasteiger partial charge in [0.2, 0.25) is 0 Å². The Labute approximate surface area is 104 Å². The molecule has 0 aromatic carbocycles. The van der Waals surface area contributed by atoms with Crippen LogP contribution in [0.25, 0.3) is 0 Å². The van der Waals surface area contributed by atoms with Crippen LogP contribution in [0, 0.1) is 6.92 Å². The van der Waals surface area contributed by atoms with Crippen molar-refractivity contribution in [2.24, 2.45) is 5.73 Å². The van der Waals surface area contributed by atoms with Crippen molar-refractivity contribution >= 4 is 11.9 Å². The number of aryl methyl sites for hydroxylation is 1. The first-order chi connectivity index (χ1) is 8.42. The first-order valence-corrected chi connectivity index (χ1v) is 5.52. The average molecular weight is 250 g/mol. The first kappa shape index (κ1) is 12.4. The standard InChI is InChI=1S/C11H14N4O3/c1-7-4-14-8(5-13-7)9(16)15-3-2-11(12,6-15)10(17)18/h4-5H,2-3,6,12H2,1H3,(H,17,18). The molecule has 7 nitrogen and oxygen atoms in total. The Morgan fingerprint density at radius 1 is 1.44 bits per heavy atom. The highest BCUT2D eigenvalue weighted by Gasteiger charge is 2.43. The molecule has 96 valence electrons. The topological polar surface area (TPSA) is 109 Å². The molecule has 2 rings (SSSR count). The van der Waals surface area contributed by atoms with E-state index in [2.05, 4.69) is 9.97 Å². The molecule has 0 aliphatic carbocycles. The zero-order chi connectivity index (χ0) is 13.3. The summed E-state index contributed by atoms with van der Waals surface area (Å²) in [7, 11) is 0. The summed E-state index contributed by atoms with van der Waals surface area (Å²) in [4.78, 5) is 32.4. The molecule has 1 aromatic heterocycles. The number of rotatable bonds is 2. The second-order valence-electron chi connectivity index (χ2n) is 4.48. The maximum Gasteiger partial charge on any atom is 0.325 e. The SMILES string of the molecule is Cc1cnc(C(=O)N2CCC(N)(C(=O)O)C2)cn1. The van der Waals surface area contributed by atoms with Crippen LogP contribution in [0.1, 0.15) is 22.6 Å². The number of nitrogens with zero attached hydrogens (tertiary/aromatic N) is 3. The summed E-state index contributed by atoms with van der Waals surface area (Å²) in [6, 6.07) is 0. The van der Waals surface area contributed by atoms with E-state index in [0.717, 1.165) is 0 Å². The highest BCUT2D eigenvalue weighted by molar-refractivity contribution is 5.93. The molecule has 0 saturated carbocycles. The van der Waals surface area contributed by atoms with E-state index >= 15 is 0 Å². The Morgan fingerprint density at radius 2 is 2.17 bits per heavy atom. The van der Waals surface area contributed by atoms with Gasteiger partial charge in [-0.2, -0.15) is 0 Å². The molecular formula is C11H14N4O3. The van der Waals surface area contributed by atoms with Gasteiger partial charge in [0.25, 0.3) is 5.91 Å². The second kappa shape index (κ2) is 4.34. The van der Waals surface area contributed by atoms with E-state index in [1.807, 2.05) is 0 Å². The number of amides is 1. The van der Waals surface area contributed by atoms with Crippen molar-refractivity contribution in [3.63, 3.8) is 0 Å². The van der Waals surface area contributed by atoms with Crippen LogP contribution in [0.5, 0.6) is 0 Å². The fourth-order valence-corrected chi connectivity index (χ4v) is 1.85. The molecule has 1 saturated heterocycles. The summed E-state index contributed by atoms with van der Waals surface area (Å²) in [6.45, 7) is 2.08. The Morgan fingerprint density at radius 3 is 2.67 bits per heavy atom. The van der Waals surface area contributed by atoms with Crippen LogP contribution in [-0.4, -0.2) is 50.5 Å². The maximum atomic E-state index is 12.0. The smallest absolute Gasteiger partial charge is 0.325 e. The molecule has 0 radical (unpaired) electrons. The van der Waals surface area contributed by atoms with Gasteiger partial charge in [0.15, 0.2) is 0 Å². The zero-order valence-corrected chi connectivity index (χ0v) is 9.96. The van der Waals surface area contributed by atoms with Crippen LogP contribution in [-0.2, 0) is 4.79 Å². The van der Waals surface area contributed by atoms with Gasteiger partial charge in [-0.05, 0) is 13.3 Å². The average Bonchev–Trinajstić information content (AvgIpc) is 2.73. The van der Waals surface area contributed by atoms with Gasteiger partial charge in [0.1, 0.15) is 11.2 Å². The third kappa shape index (κ3) is 2.17. The number of carboxylic acids is 1. The van der Waals surface area contributed by atoms with E-state index in [9.17, 15) is 9.59 Å². The number of carbonyl (C=O) groups excluding carboxylic acids is 1. The summed E-state index contributed by atoms with van der Waals surface area (Å²) in [6.07, 6.45) is 3.12. The van der Waals surface area contributed by atoms with Crippen LogP contribution in [0.4, 0.5) is 0 Å². The number of aromatic nitrogens is 2. The van der Waals surface area contributed by atoms with Crippen molar-refractivity contribution in [2.75, 3.05) is 13.1 Å². The second-order valence-corrected chi connectivity index (χ2v) is 4.48. The minimum absolute atomic E-state index is 0.00325. The summed E-state index contributed by atoms with van der Waals surface area (Å²) in [5, 5.41) is 8.99. The molecule has 2 heterocycles. The fraction of sp³-hybridized carbons (Fsp3) is 0.455. The molecule has 1 aliphatic heterocycles. The molecule has 1 aliphatic rings. The molecule has 1 fully saturated rings. The Kier molecular flexibility index (Phi) is 3.00. The van der Waals surface area contributed by atoms with Crippen molar-refractivity contribution < 1.29 is 14.7 Å². The molecule has 0 bridgehead atoms. The third-order valence-electron chi connectivity index (χ3n) is 3.01. The van der Waals surface area contributed by atoms with Crippen molar-refractivity contribution in [3.8, 4) is 0 Å². The number of carboxylic acid groups (broad SMARTS) is 1. The van der Waals surface area contributed by atoms with Gasteiger partial charge in [-0.1, -0.05) is 0 Å². The first-order valence-electron chi connectivity index (χ1n) is 5.52. The Balaban J connectivity index is 2.12. The largest absolute Gasteiger partial charge is 0.480 e. The third-order valence-corrected chi connectivity index (χ3v) is 3.01. The van der Waals surface area contributed by atoms with Crippen LogP contribution in [0.15, 0.2) is 12.4 Å². The summed E-state index contributed by atoms with van der Waals surface area (Å²) in [5.74, 6) is -1.43. The Hall–Kier alpha value is -2.02. The zero-order valence-electron chi connectivity index (χ0n) is 9.96. The molecule has 1 unspecified atom stereocenters. The number of nitrogens with two attached hydrogens (primary N) is 1. The molecule has 1 aromatic rings. The van der Waals surface area contributed by atoms with Crippen LogP contribution < -0.4 is 5.73 Å². The molecule has 7 heteroatoms. The molecule has 0 spiro atoms. The van der Waals surface area contributed by atoms with E-state index in [1.165, 1.54) is 17.3 Å². The van der Waals surface area contributed by atoms with Gasteiger partial charge in [0.05, 0.1) is 11.9 Å². The van der Waals surface area contributed by atoms with Crippen LogP contribution in [0.2, 0.25) is 0 Å². The lowest BCUT2D eigenvalue weighted by Crippen LogP contribution is -2.50.